The lowest BCUT2D eigenvalue weighted by molar-refractivity contribution is -0.142. The fourth-order valence-electron chi connectivity index (χ4n) is 2.74. The minimum Gasteiger partial charge on any atom is -0.507 e. The topological polar surface area (TPSA) is 89.9 Å². The van der Waals surface area contributed by atoms with Gasteiger partial charge in [0.25, 0.3) is 0 Å². The number of carbonyl (C=O) groups excluding carboxylic acids is 3. The largest absolute Gasteiger partial charge is 0.507 e. The van der Waals surface area contributed by atoms with Crippen LogP contribution in [0.4, 0.5) is 0 Å². The average molecular weight is 485 g/mol. The molecule has 0 aliphatic carbocycles. The average Bonchev–Trinajstić information content (AvgIpc) is 2.93. The van der Waals surface area contributed by atoms with Gasteiger partial charge in [-0.2, -0.15) is 0 Å². The van der Waals surface area contributed by atoms with Crippen LogP contribution in [0.3, 0.4) is 0 Å². The Kier molecular flexibility index (Phi) is 12.2. The van der Waals surface area contributed by atoms with Gasteiger partial charge in [-0.1, -0.05) is 103 Å². The predicted octanol–water partition coefficient (Wildman–Crippen LogP) is 6.00. The van der Waals surface area contributed by atoms with E-state index in [0.717, 1.165) is 23.0 Å². The van der Waals surface area contributed by atoms with E-state index < -0.39 is 5.97 Å². The highest BCUT2D eigenvalue weighted by atomic mass is 16.5. The number of hydrogen-bond donors (Lipinski definition) is 1. The minimum absolute atomic E-state index is 0.0643. The fourth-order valence-corrected chi connectivity index (χ4v) is 2.74. The predicted molar refractivity (Wildman–Crippen MR) is 137 cm³/mol. The molecule has 184 valence electrons. The Bertz CT molecular complexity index is 1190. The van der Waals surface area contributed by atoms with Crippen molar-refractivity contribution in [2.24, 2.45) is 0 Å². The summed E-state index contributed by atoms with van der Waals surface area (Å²) in [7, 11) is 0. The summed E-state index contributed by atoms with van der Waals surface area (Å²) < 4.78 is 9.89. The molecule has 0 aliphatic rings. The fraction of sp³-hybridized carbons (Fsp3) is 0.100. The number of phenols is 1. The molecule has 6 heteroatoms. The van der Waals surface area contributed by atoms with E-state index in [4.69, 9.17) is 9.47 Å². The lowest BCUT2D eigenvalue weighted by atomic mass is 10.2. The second-order valence-corrected chi connectivity index (χ2v) is 7.37. The standard InChI is InChI=1S/C14H12O3.C9H10O2.C7H6O/c15-13-9-5-4-8-12(13)14(16)17-10-11-6-2-1-3-7-11;1-8(10)11-7-9-5-3-2-4-6-9;8-6-7-4-2-1-3-5-7/h1-9,15H,10H2;2-6H,7H2,1H3;1-6H. The molecule has 0 amide bonds. The van der Waals surface area contributed by atoms with Crippen LogP contribution in [0.2, 0.25) is 0 Å². The van der Waals surface area contributed by atoms with E-state index in [1.54, 1.807) is 24.3 Å². The van der Waals surface area contributed by atoms with Crippen molar-refractivity contribution in [2.75, 3.05) is 0 Å². The van der Waals surface area contributed by atoms with Crippen LogP contribution in [-0.4, -0.2) is 23.3 Å². The number of aldehydes is 1. The van der Waals surface area contributed by atoms with Crippen LogP contribution in [0, 0.1) is 0 Å². The van der Waals surface area contributed by atoms with Crippen molar-refractivity contribution in [3.63, 3.8) is 0 Å². The summed E-state index contributed by atoms with van der Waals surface area (Å²) in [4.78, 5) is 32.1. The molecule has 0 aromatic heterocycles. The van der Waals surface area contributed by atoms with Crippen molar-refractivity contribution in [1.82, 2.24) is 0 Å². The molecule has 4 aromatic rings. The molecule has 36 heavy (non-hydrogen) atoms. The van der Waals surface area contributed by atoms with Gasteiger partial charge in [-0.05, 0) is 23.3 Å². The van der Waals surface area contributed by atoms with E-state index in [2.05, 4.69) is 0 Å². The maximum absolute atomic E-state index is 11.7. The minimum atomic E-state index is -0.521. The number of esters is 2. The summed E-state index contributed by atoms with van der Waals surface area (Å²) in [5.41, 5.74) is 2.84. The molecular formula is C30H28O6. The number of carbonyl (C=O) groups is 3. The summed E-state index contributed by atoms with van der Waals surface area (Å²) in [6.45, 7) is 1.98. The summed E-state index contributed by atoms with van der Waals surface area (Å²) in [5.74, 6) is -0.827. The first kappa shape index (κ1) is 27.5. The maximum atomic E-state index is 11.7. The van der Waals surface area contributed by atoms with Gasteiger partial charge in [-0.25, -0.2) is 4.79 Å². The molecule has 6 nitrogen and oxygen atoms in total. The number of rotatable bonds is 6. The first-order valence-corrected chi connectivity index (χ1v) is 11.2. The molecule has 4 rings (SSSR count). The molecule has 0 radical (unpaired) electrons. The quantitative estimate of drug-likeness (QED) is 0.267. The van der Waals surface area contributed by atoms with Crippen molar-refractivity contribution in [3.8, 4) is 5.75 Å². The smallest absolute Gasteiger partial charge is 0.342 e. The Morgan fingerprint density at radius 2 is 1.11 bits per heavy atom. The Morgan fingerprint density at radius 1 is 0.667 bits per heavy atom. The van der Waals surface area contributed by atoms with Gasteiger partial charge in [0.15, 0.2) is 0 Å². The van der Waals surface area contributed by atoms with Gasteiger partial charge < -0.3 is 14.6 Å². The van der Waals surface area contributed by atoms with Crippen molar-refractivity contribution in [3.05, 3.63) is 138 Å². The number of phenolic OH excluding ortho intramolecular Hbond substituents is 1. The Hall–Kier alpha value is -4.71. The number of hydrogen-bond acceptors (Lipinski definition) is 6. The van der Waals surface area contributed by atoms with E-state index in [1.807, 2.05) is 78.9 Å². The van der Waals surface area contributed by atoms with Gasteiger partial charge in [0.1, 0.15) is 30.8 Å². The van der Waals surface area contributed by atoms with E-state index >= 15 is 0 Å². The van der Waals surface area contributed by atoms with Gasteiger partial charge in [-0.15, -0.1) is 0 Å². The first-order chi connectivity index (χ1) is 17.5. The van der Waals surface area contributed by atoms with E-state index in [9.17, 15) is 19.5 Å². The van der Waals surface area contributed by atoms with Crippen molar-refractivity contribution >= 4 is 18.2 Å². The molecule has 0 unspecified atom stereocenters. The van der Waals surface area contributed by atoms with Crippen LogP contribution in [0.25, 0.3) is 0 Å². The van der Waals surface area contributed by atoms with Crippen LogP contribution >= 0.6 is 0 Å². The molecule has 0 fully saturated rings. The first-order valence-electron chi connectivity index (χ1n) is 11.2. The van der Waals surface area contributed by atoms with Crippen LogP contribution in [0.1, 0.15) is 38.8 Å². The van der Waals surface area contributed by atoms with Crippen LogP contribution in [0.5, 0.6) is 5.75 Å². The van der Waals surface area contributed by atoms with Crippen molar-refractivity contribution in [2.45, 2.75) is 20.1 Å². The number of ether oxygens (including phenoxy) is 2. The van der Waals surface area contributed by atoms with Crippen LogP contribution < -0.4 is 0 Å². The molecule has 0 saturated heterocycles. The zero-order chi connectivity index (χ0) is 26.0. The summed E-state index contributed by atoms with van der Waals surface area (Å²) in [6.07, 6.45) is 0.833. The second kappa shape index (κ2) is 16.0. The zero-order valence-electron chi connectivity index (χ0n) is 19.9. The third-order valence-corrected chi connectivity index (χ3v) is 4.56. The highest BCUT2D eigenvalue weighted by Gasteiger charge is 2.11. The lowest BCUT2D eigenvalue weighted by Gasteiger charge is -2.05. The van der Waals surface area contributed by atoms with Gasteiger partial charge in [0, 0.05) is 12.5 Å². The normalized spacial score (nSPS) is 9.36. The number of benzene rings is 4. The summed E-state index contributed by atoms with van der Waals surface area (Å²) in [5, 5.41) is 9.48. The molecule has 0 aliphatic heterocycles. The number of para-hydroxylation sites is 1. The third kappa shape index (κ3) is 10.9. The monoisotopic (exact) mass is 484 g/mol. The van der Waals surface area contributed by atoms with Crippen molar-refractivity contribution in [1.29, 1.82) is 0 Å². The van der Waals surface area contributed by atoms with E-state index in [0.29, 0.717) is 6.61 Å². The molecule has 0 spiro atoms. The van der Waals surface area contributed by atoms with Crippen molar-refractivity contribution < 1.29 is 29.0 Å². The van der Waals surface area contributed by atoms with Gasteiger partial charge in [0.2, 0.25) is 0 Å². The zero-order valence-corrected chi connectivity index (χ0v) is 19.9. The van der Waals surface area contributed by atoms with Gasteiger partial charge >= 0.3 is 11.9 Å². The Balaban J connectivity index is 0.000000206. The Morgan fingerprint density at radius 3 is 1.56 bits per heavy atom. The molecule has 0 atom stereocenters. The molecule has 1 N–H and O–H groups in total. The SMILES string of the molecule is CC(=O)OCc1ccccc1.O=C(OCc1ccccc1)c1ccccc1O.O=Cc1ccccc1. The van der Waals surface area contributed by atoms with E-state index in [1.165, 1.54) is 19.1 Å². The van der Waals surface area contributed by atoms with E-state index in [-0.39, 0.29) is 23.9 Å². The molecule has 4 aromatic carbocycles. The molecular weight excluding hydrogens is 456 g/mol. The second-order valence-electron chi connectivity index (χ2n) is 7.37. The third-order valence-electron chi connectivity index (χ3n) is 4.56. The highest BCUT2D eigenvalue weighted by Crippen LogP contribution is 2.17. The van der Waals surface area contributed by atoms with Gasteiger partial charge in [0.05, 0.1) is 0 Å². The maximum Gasteiger partial charge on any atom is 0.342 e. The number of aromatic hydroxyl groups is 1. The highest BCUT2D eigenvalue weighted by molar-refractivity contribution is 5.92. The summed E-state index contributed by atoms with van der Waals surface area (Å²) in [6, 6.07) is 34.4. The molecule has 0 heterocycles. The van der Waals surface area contributed by atoms with Crippen LogP contribution in [0.15, 0.2) is 115 Å². The molecule has 0 saturated carbocycles. The van der Waals surface area contributed by atoms with Gasteiger partial charge in [-0.3, -0.25) is 9.59 Å². The lowest BCUT2D eigenvalue weighted by Crippen LogP contribution is -2.05. The summed E-state index contributed by atoms with van der Waals surface area (Å²) >= 11 is 0. The molecule has 0 bridgehead atoms. The Labute approximate surface area is 210 Å². The van der Waals surface area contributed by atoms with Crippen LogP contribution in [-0.2, 0) is 27.5 Å².